The highest BCUT2D eigenvalue weighted by Crippen LogP contribution is 2.05. The second-order valence-corrected chi connectivity index (χ2v) is 3.00. The van der Waals surface area contributed by atoms with E-state index in [2.05, 4.69) is 16.7 Å². The molecule has 2 N–H and O–H groups in total. The van der Waals surface area contributed by atoms with Gasteiger partial charge in [0.1, 0.15) is 6.61 Å². The Balaban J connectivity index is 2.23. The van der Waals surface area contributed by atoms with Gasteiger partial charge in [-0.2, -0.15) is 5.48 Å². The molecular weight excluding hydrogens is 168 g/mol. The van der Waals surface area contributed by atoms with Gasteiger partial charge in [-0.3, -0.25) is 9.63 Å². The molecule has 1 atom stereocenters. The first kappa shape index (κ1) is 10.0. The van der Waals surface area contributed by atoms with Crippen LogP contribution in [-0.2, 0) is 9.63 Å². The molecule has 1 aliphatic rings. The highest BCUT2D eigenvalue weighted by Gasteiger charge is 2.16. The molecule has 0 radical (unpaired) electrons. The molecule has 13 heavy (non-hydrogen) atoms. The number of amides is 1. The highest BCUT2D eigenvalue weighted by atomic mass is 16.6. The lowest BCUT2D eigenvalue weighted by Crippen LogP contribution is -2.32. The van der Waals surface area contributed by atoms with Gasteiger partial charge in [0.05, 0.1) is 0 Å². The predicted octanol–water partition coefficient (Wildman–Crippen LogP) is -0.191. The Hall–Kier alpha value is -1.05. The first-order valence-corrected chi connectivity index (χ1v) is 4.40. The van der Waals surface area contributed by atoms with Crippen molar-refractivity contribution < 1.29 is 9.63 Å². The van der Waals surface area contributed by atoms with Crippen LogP contribution in [0.25, 0.3) is 0 Å². The summed E-state index contributed by atoms with van der Waals surface area (Å²) in [6.07, 6.45) is 7.38. The molecule has 1 fully saturated rings. The number of carbonyl (C=O) groups excluding carboxylic acids is 1. The number of terminal acetylenes is 1. The van der Waals surface area contributed by atoms with E-state index in [1.54, 1.807) is 0 Å². The zero-order valence-electron chi connectivity index (χ0n) is 7.51. The average molecular weight is 182 g/mol. The summed E-state index contributed by atoms with van der Waals surface area (Å²) in [4.78, 5) is 16.0. The molecule has 1 rings (SSSR count). The van der Waals surface area contributed by atoms with E-state index in [1.165, 1.54) is 0 Å². The summed E-state index contributed by atoms with van der Waals surface area (Å²) in [6, 6.07) is 0.0934. The van der Waals surface area contributed by atoms with Gasteiger partial charge in [-0.05, 0) is 12.8 Å². The number of nitrogens with one attached hydrogen (secondary N) is 2. The van der Waals surface area contributed by atoms with Crippen LogP contribution < -0.4 is 10.8 Å². The number of rotatable bonds is 3. The van der Waals surface area contributed by atoms with Gasteiger partial charge in [-0.25, -0.2) is 0 Å². The van der Waals surface area contributed by atoms with Crippen LogP contribution in [0.2, 0.25) is 0 Å². The monoisotopic (exact) mass is 182 g/mol. The van der Waals surface area contributed by atoms with Gasteiger partial charge < -0.3 is 5.32 Å². The Morgan fingerprint density at radius 1 is 1.77 bits per heavy atom. The molecule has 0 spiro atoms. The summed E-state index contributed by atoms with van der Waals surface area (Å²) in [5.41, 5.74) is 2.79. The lowest BCUT2D eigenvalue weighted by Gasteiger charge is -2.13. The minimum Gasteiger partial charge on any atom is -0.356 e. The summed E-state index contributed by atoms with van der Waals surface area (Å²) in [5, 5.41) is 2.79. The molecule has 0 aromatic rings. The van der Waals surface area contributed by atoms with Crippen LogP contribution in [0.15, 0.2) is 0 Å². The molecule has 1 saturated heterocycles. The fraction of sp³-hybridized carbons (Fsp3) is 0.667. The summed E-state index contributed by atoms with van der Waals surface area (Å²) in [7, 11) is 0. The normalized spacial score (nSPS) is 23.0. The van der Waals surface area contributed by atoms with E-state index in [4.69, 9.17) is 11.3 Å². The van der Waals surface area contributed by atoms with Crippen molar-refractivity contribution in [1.82, 2.24) is 10.8 Å². The average Bonchev–Trinajstić information content (AvgIpc) is 2.31. The molecule has 4 heteroatoms. The van der Waals surface area contributed by atoms with E-state index < -0.39 is 0 Å². The first-order valence-electron chi connectivity index (χ1n) is 4.40. The Morgan fingerprint density at radius 2 is 2.62 bits per heavy atom. The third-order valence-corrected chi connectivity index (χ3v) is 1.89. The molecular formula is C9H14N2O2. The van der Waals surface area contributed by atoms with Crippen molar-refractivity contribution in [3.63, 3.8) is 0 Å². The van der Waals surface area contributed by atoms with Gasteiger partial charge in [0.2, 0.25) is 5.91 Å². The SMILES string of the molecule is C#CCONC1CCCNC(=O)C1. The van der Waals surface area contributed by atoms with Crippen molar-refractivity contribution in [3.8, 4) is 12.3 Å². The topological polar surface area (TPSA) is 50.4 Å². The third-order valence-electron chi connectivity index (χ3n) is 1.89. The molecule has 1 aliphatic heterocycles. The van der Waals surface area contributed by atoms with Gasteiger partial charge in [0, 0.05) is 19.0 Å². The number of hydroxylamine groups is 1. The summed E-state index contributed by atoms with van der Waals surface area (Å²) >= 11 is 0. The Labute approximate surface area is 78.0 Å². The minimum absolute atomic E-state index is 0.0688. The Morgan fingerprint density at radius 3 is 3.38 bits per heavy atom. The van der Waals surface area contributed by atoms with Gasteiger partial charge in [-0.1, -0.05) is 5.92 Å². The summed E-state index contributed by atoms with van der Waals surface area (Å²) < 4.78 is 0. The maximum atomic E-state index is 11.1. The van der Waals surface area contributed by atoms with Crippen molar-refractivity contribution in [1.29, 1.82) is 0 Å². The fourth-order valence-corrected chi connectivity index (χ4v) is 1.28. The number of carbonyl (C=O) groups is 1. The smallest absolute Gasteiger partial charge is 0.221 e. The van der Waals surface area contributed by atoms with E-state index in [-0.39, 0.29) is 18.6 Å². The van der Waals surface area contributed by atoms with E-state index in [1.807, 2.05) is 0 Å². The maximum Gasteiger partial charge on any atom is 0.221 e. The fourth-order valence-electron chi connectivity index (χ4n) is 1.28. The van der Waals surface area contributed by atoms with Gasteiger partial charge in [0.25, 0.3) is 0 Å². The predicted molar refractivity (Wildman–Crippen MR) is 48.6 cm³/mol. The number of hydrogen-bond acceptors (Lipinski definition) is 3. The molecule has 0 bridgehead atoms. The van der Waals surface area contributed by atoms with Crippen molar-refractivity contribution >= 4 is 5.91 Å². The maximum absolute atomic E-state index is 11.1. The van der Waals surface area contributed by atoms with Gasteiger partial charge in [-0.15, -0.1) is 6.42 Å². The van der Waals surface area contributed by atoms with Crippen molar-refractivity contribution in [2.75, 3.05) is 13.2 Å². The van der Waals surface area contributed by atoms with Crippen LogP contribution >= 0.6 is 0 Å². The molecule has 1 heterocycles. The largest absolute Gasteiger partial charge is 0.356 e. The van der Waals surface area contributed by atoms with Crippen molar-refractivity contribution in [3.05, 3.63) is 0 Å². The second-order valence-electron chi connectivity index (χ2n) is 3.00. The lowest BCUT2D eigenvalue weighted by atomic mass is 10.1. The second kappa shape index (κ2) is 5.57. The molecule has 1 amide bonds. The molecule has 4 nitrogen and oxygen atoms in total. The van der Waals surface area contributed by atoms with E-state index >= 15 is 0 Å². The third kappa shape index (κ3) is 3.92. The number of hydrogen-bond donors (Lipinski definition) is 2. The van der Waals surface area contributed by atoms with E-state index in [9.17, 15) is 4.79 Å². The molecule has 0 saturated carbocycles. The van der Waals surface area contributed by atoms with E-state index in [0.717, 1.165) is 19.4 Å². The Bertz CT molecular complexity index is 210. The zero-order chi connectivity index (χ0) is 9.52. The highest BCUT2D eigenvalue weighted by molar-refractivity contribution is 5.76. The molecule has 0 aromatic heterocycles. The summed E-state index contributed by atoms with van der Waals surface area (Å²) in [6.45, 7) is 0.990. The Kier molecular flexibility index (Phi) is 4.30. The van der Waals surface area contributed by atoms with Crippen LogP contribution in [0.5, 0.6) is 0 Å². The lowest BCUT2D eigenvalue weighted by molar-refractivity contribution is -0.121. The van der Waals surface area contributed by atoms with Crippen LogP contribution in [0, 0.1) is 12.3 Å². The minimum atomic E-state index is 0.0688. The van der Waals surface area contributed by atoms with E-state index in [0.29, 0.717) is 6.42 Å². The summed E-state index contributed by atoms with van der Waals surface area (Å²) in [5.74, 6) is 2.42. The van der Waals surface area contributed by atoms with Crippen LogP contribution in [0.1, 0.15) is 19.3 Å². The van der Waals surface area contributed by atoms with Crippen LogP contribution in [0.4, 0.5) is 0 Å². The van der Waals surface area contributed by atoms with Crippen LogP contribution in [0.3, 0.4) is 0 Å². The zero-order valence-corrected chi connectivity index (χ0v) is 7.51. The van der Waals surface area contributed by atoms with Gasteiger partial charge in [0.15, 0.2) is 0 Å². The quantitative estimate of drug-likeness (QED) is 0.361. The first-order chi connectivity index (χ1) is 6.33. The van der Waals surface area contributed by atoms with Gasteiger partial charge >= 0.3 is 0 Å². The van der Waals surface area contributed by atoms with Crippen molar-refractivity contribution in [2.24, 2.45) is 0 Å². The molecule has 1 unspecified atom stereocenters. The standard InChI is InChI=1S/C9H14N2O2/c1-2-6-13-11-8-4-3-5-10-9(12)7-8/h1,8,11H,3-7H2,(H,10,12). The molecule has 72 valence electrons. The molecule has 0 aliphatic carbocycles. The molecule has 0 aromatic carbocycles. The van der Waals surface area contributed by atoms with Crippen LogP contribution in [-0.4, -0.2) is 25.1 Å². The van der Waals surface area contributed by atoms with Crippen molar-refractivity contribution in [2.45, 2.75) is 25.3 Å².